The number of nitrogens with one attached hydrogen (secondary N) is 2. The van der Waals surface area contributed by atoms with E-state index in [9.17, 15) is 4.79 Å². The molecule has 0 saturated carbocycles. The van der Waals surface area contributed by atoms with Crippen molar-refractivity contribution in [3.8, 4) is 0 Å². The van der Waals surface area contributed by atoms with Crippen LogP contribution in [0, 0.1) is 0 Å². The number of carbonyl (C=O) groups excluding carboxylic acids is 1. The molecule has 1 aromatic carbocycles. The first-order valence-electron chi connectivity index (χ1n) is 6.84. The molecule has 0 aromatic heterocycles. The highest BCUT2D eigenvalue weighted by molar-refractivity contribution is 6.43. The minimum absolute atomic E-state index is 0.169. The Labute approximate surface area is 129 Å². The van der Waals surface area contributed by atoms with Crippen molar-refractivity contribution in [2.24, 2.45) is 0 Å². The third-order valence-corrected chi connectivity index (χ3v) is 4.16. The maximum Gasteiger partial charge on any atom is 0.252 e. The van der Waals surface area contributed by atoms with Crippen LogP contribution < -0.4 is 10.6 Å². The molecule has 4 nitrogen and oxygen atoms in total. The van der Waals surface area contributed by atoms with E-state index in [0.29, 0.717) is 22.2 Å². The van der Waals surface area contributed by atoms with Crippen LogP contribution in [0.25, 0.3) is 0 Å². The molecule has 1 heterocycles. The summed E-state index contributed by atoms with van der Waals surface area (Å²) in [6.07, 6.45) is 0.934. The van der Waals surface area contributed by atoms with E-state index in [1.807, 2.05) is 0 Å². The smallest absolute Gasteiger partial charge is 0.252 e. The standard InChI is InChI=1S/C14H19Cl2N3O/c15-12-4-1-3-11(13(12)16)14(20)18-5-2-8-19-9-6-17-7-10-19/h1,3-4,17H,2,5-10H2,(H,18,20). The summed E-state index contributed by atoms with van der Waals surface area (Å²) in [5.41, 5.74) is 0.432. The maximum atomic E-state index is 12.0. The SMILES string of the molecule is O=C(NCCCN1CCNCC1)c1cccc(Cl)c1Cl. The summed E-state index contributed by atoms with van der Waals surface area (Å²) >= 11 is 11.9. The van der Waals surface area contributed by atoms with Gasteiger partial charge in [-0.2, -0.15) is 0 Å². The second kappa shape index (κ2) is 7.84. The van der Waals surface area contributed by atoms with Gasteiger partial charge in [-0.1, -0.05) is 29.3 Å². The lowest BCUT2D eigenvalue weighted by Crippen LogP contribution is -2.44. The van der Waals surface area contributed by atoms with Gasteiger partial charge in [-0.25, -0.2) is 0 Å². The van der Waals surface area contributed by atoms with E-state index in [4.69, 9.17) is 23.2 Å². The fourth-order valence-corrected chi connectivity index (χ4v) is 2.60. The molecular formula is C14H19Cl2N3O. The van der Waals surface area contributed by atoms with Gasteiger partial charge in [0.1, 0.15) is 0 Å². The highest BCUT2D eigenvalue weighted by atomic mass is 35.5. The second-order valence-corrected chi connectivity index (χ2v) is 5.59. The Hall–Kier alpha value is -0.810. The monoisotopic (exact) mass is 315 g/mol. The van der Waals surface area contributed by atoms with Gasteiger partial charge in [0.2, 0.25) is 0 Å². The normalized spacial score (nSPS) is 16.1. The van der Waals surface area contributed by atoms with E-state index < -0.39 is 0 Å². The molecule has 1 fully saturated rings. The van der Waals surface area contributed by atoms with Crippen LogP contribution in [0.5, 0.6) is 0 Å². The molecule has 1 aliphatic rings. The van der Waals surface area contributed by atoms with Crippen molar-refractivity contribution < 1.29 is 4.79 Å². The van der Waals surface area contributed by atoms with Crippen LogP contribution in [0.15, 0.2) is 18.2 Å². The zero-order chi connectivity index (χ0) is 14.4. The number of nitrogens with zero attached hydrogens (tertiary/aromatic N) is 1. The van der Waals surface area contributed by atoms with E-state index >= 15 is 0 Å². The Morgan fingerprint density at radius 1 is 1.30 bits per heavy atom. The van der Waals surface area contributed by atoms with Crippen LogP contribution in [0.2, 0.25) is 10.0 Å². The number of carbonyl (C=O) groups is 1. The van der Waals surface area contributed by atoms with Gasteiger partial charge in [0.05, 0.1) is 15.6 Å². The van der Waals surface area contributed by atoms with Crippen LogP contribution in [0.4, 0.5) is 0 Å². The molecule has 1 saturated heterocycles. The Bertz CT molecular complexity index is 462. The molecule has 110 valence electrons. The molecule has 0 spiro atoms. The number of halogens is 2. The number of piperazine rings is 1. The van der Waals surface area contributed by atoms with Crippen molar-refractivity contribution >= 4 is 29.1 Å². The molecule has 0 aliphatic carbocycles. The van der Waals surface area contributed by atoms with Gasteiger partial charge in [0, 0.05) is 32.7 Å². The van der Waals surface area contributed by atoms with Crippen molar-refractivity contribution in [2.75, 3.05) is 39.3 Å². The fourth-order valence-electron chi connectivity index (χ4n) is 2.21. The molecule has 0 atom stereocenters. The van der Waals surface area contributed by atoms with Crippen LogP contribution in [-0.4, -0.2) is 50.1 Å². The quantitative estimate of drug-likeness (QED) is 0.817. The van der Waals surface area contributed by atoms with E-state index in [2.05, 4.69) is 15.5 Å². The van der Waals surface area contributed by atoms with E-state index in [-0.39, 0.29) is 5.91 Å². The van der Waals surface area contributed by atoms with E-state index in [0.717, 1.165) is 39.1 Å². The van der Waals surface area contributed by atoms with Gasteiger partial charge in [-0.3, -0.25) is 4.79 Å². The molecular weight excluding hydrogens is 297 g/mol. The van der Waals surface area contributed by atoms with Gasteiger partial charge in [0.15, 0.2) is 0 Å². The first-order valence-corrected chi connectivity index (χ1v) is 7.59. The van der Waals surface area contributed by atoms with Crippen LogP contribution in [0.3, 0.4) is 0 Å². The summed E-state index contributed by atoms with van der Waals surface area (Å²) in [6.45, 7) is 5.90. The highest BCUT2D eigenvalue weighted by Crippen LogP contribution is 2.25. The average Bonchev–Trinajstić information content (AvgIpc) is 2.47. The average molecular weight is 316 g/mol. The van der Waals surface area contributed by atoms with Crippen LogP contribution in [0.1, 0.15) is 16.8 Å². The summed E-state index contributed by atoms with van der Waals surface area (Å²) in [7, 11) is 0. The van der Waals surface area contributed by atoms with Crippen molar-refractivity contribution in [3.05, 3.63) is 33.8 Å². The van der Waals surface area contributed by atoms with Gasteiger partial charge in [-0.05, 0) is 25.1 Å². The maximum absolute atomic E-state index is 12.0. The van der Waals surface area contributed by atoms with Crippen LogP contribution in [-0.2, 0) is 0 Å². The number of amides is 1. The zero-order valence-electron chi connectivity index (χ0n) is 11.3. The topological polar surface area (TPSA) is 44.4 Å². The van der Waals surface area contributed by atoms with Crippen LogP contribution >= 0.6 is 23.2 Å². The lowest BCUT2D eigenvalue weighted by molar-refractivity contribution is 0.0951. The van der Waals surface area contributed by atoms with Gasteiger partial charge < -0.3 is 15.5 Å². The number of hydrogen-bond acceptors (Lipinski definition) is 3. The summed E-state index contributed by atoms with van der Waals surface area (Å²) in [6, 6.07) is 5.08. The third kappa shape index (κ3) is 4.35. The molecule has 0 unspecified atom stereocenters. The number of hydrogen-bond donors (Lipinski definition) is 2. The molecule has 2 N–H and O–H groups in total. The van der Waals surface area contributed by atoms with Gasteiger partial charge in [-0.15, -0.1) is 0 Å². The first kappa shape index (κ1) is 15.6. The predicted molar refractivity (Wildman–Crippen MR) is 82.7 cm³/mol. The van der Waals surface area contributed by atoms with Crippen molar-refractivity contribution in [1.29, 1.82) is 0 Å². The minimum Gasteiger partial charge on any atom is -0.352 e. The molecule has 2 rings (SSSR count). The van der Waals surface area contributed by atoms with E-state index in [1.54, 1.807) is 18.2 Å². The Balaban J connectivity index is 1.73. The van der Waals surface area contributed by atoms with Crippen molar-refractivity contribution in [2.45, 2.75) is 6.42 Å². The minimum atomic E-state index is -0.169. The lowest BCUT2D eigenvalue weighted by atomic mass is 10.2. The summed E-state index contributed by atoms with van der Waals surface area (Å²) < 4.78 is 0. The first-order chi connectivity index (χ1) is 9.68. The molecule has 0 bridgehead atoms. The van der Waals surface area contributed by atoms with Crippen molar-refractivity contribution in [1.82, 2.24) is 15.5 Å². The second-order valence-electron chi connectivity index (χ2n) is 4.80. The molecule has 1 aromatic rings. The van der Waals surface area contributed by atoms with Crippen molar-refractivity contribution in [3.63, 3.8) is 0 Å². The highest BCUT2D eigenvalue weighted by Gasteiger charge is 2.12. The largest absolute Gasteiger partial charge is 0.352 e. The Kier molecular flexibility index (Phi) is 6.10. The Morgan fingerprint density at radius 2 is 2.05 bits per heavy atom. The predicted octanol–water partition coefficient (Wildman–Crippen LogP) is 2.02. The molecule has 1 aliphatic heterocycles. The fraction of sp³-hybridized carbons (Fsp3) is 0.500. The molecule has 6 heteroatoms. The summed E-state index contributed by atoms with van der Waals surface area (Å²) in [5, 5.41) is 6.92. The molecule has 20 heavy (non-hydrogen) atoms. The number of rotatable bonds is 5. The number of benzene rings is 1. The Morgan fingerprint density at radius 3 is 2.80 bits per heavy atom. The van der Waals surface area contributed by atoms with Gasteiger partial charge >= 0.3 is 0 Å². The van der Waals surface area contributed by atoms with Gasteiger partial charge in [0.25, 0.3) is 5.91 Å². The summed E-state index contributed by atoms with van der Waals surface area (Å²) in [4.78, 5) is 14.4. The van der Waals surface area contributed by atoms with E-state index in [1.165, 1.54) is 0 Å². The third-order valence-electron chi connectivity index (χ3n) is 3.34. The molecule has 1 amide bonds. The molecule has 0 radical (unpaired) electrons. The zero-order valence-corrected chi connectivity index (χ0v) is 12.8. The summed E-state index contributed by atoms with van der Waals surface area (Å²) in [5.74, 6) is -0.169. The lowest BCUT2D eigenvalue weighted by Gasteiger charge is -2.27.